The number of benzene rings is 1. The summed E-state index contributed by atoms with van der Waals surface area (Å²) in [4.78, 5) is 8.97. The highest BCUT2D eigenvalue weighted by Gasteiger charge is 2.26. The van der Waals surface area contributed by atoms with Crippen LogP contribution in [0.3, 0.4) is 0 Å². The molecule has 6 heteroatoms. The summed E-state index contributed by atoms with van der Waals surface area (Å²) in [5, 5.41) is 13.8. The van der Waals surface area contributed by atoms with E-state index in [-0.39, 0.29) is 12.1 Å². The lowest BCUT2D eigenvalue weighted by molar-refractivity contribution is 0.193. The first-order valence-electron chi connectivity index (χ1n) is 6.47. The third-order valence-electron chi connectivity index (χ3n) is 3.61. The molecule has 0 unspecified atom stereocenters. The quantitative estimate of drug-likeness (QED) is 0.716. The van der Waals surface area contributed by atoms with E-state index in [2.05, 4.69) is 31.2 Å². The van der Waals surface area contributed by atoms with Crippen molar-refractivity contribution in [3.05, 3.63) is 34.7 Å². The molecule has 2 N–H and O–H groups in total. The average Bonchev–Trinajstić information content (AvgIpc) is 3.02. The van der Waals surface area contributed by atoms with Crippen LogP contribution in [0.15, 0.2) is 33.3 Å². The molecule has 1 fully saturated rings. The van der Waals surface area contributed by atoms with Gasteiger partial charge in [-0.15, -0.1) is 0 Å². The Kier molecular flexibility index (Phi) is 2.76. The lowest BCUT2D eigenvalue weighted by Gasteiger charge is -2.07. The van der Waals surface area contributed by atoms with Crippen LogP contribution in [0.2, 0.25) is 0 Å². The van der Waals surface area contributed by atoms with E-state index in [4.69, 9.17) is 4.42 Å². The van der Waals surface area contributed by atoms with Gasteiger partial charge >= 0.3 is 0 Å². The SMILES string of the molecule is O[C@@H]1CN[C@H](c2ncc3oc4ccc(Br)cc4c3n2)C1. The molecule has 102 valence electrons. The molecule has 3 aromatic rings. The van der Waals surface area contributed by atoms with Crippen molar-refractivity contribution in [1.82, 2.24) is 15.3 Å². The molecular formula is C14H12BrN3O2. The van der Waals surface area contributed by atoms with Gasteiger partial charge in [-0.05, 0) is 24.6 Å². The van der Waals surface area contributed by atoms with Crippen molar-refractivity contribution in [2.24, 2.45) is 0 Å². The van der Waals surface area contributed by atoms with Gasteiger partial charge in [0.15, 0.2) is 5.58 Å². The third kappa shape index (κ3) is 1.91. The molecular weight excluding hydrogens is 322 g/mol. The van der Waals surface area contributed by atoms with Crippen molar-refractivity contribution in [2.75, 3.05) is 6.54 Å². The molecule has 3 heterocycles. The summed E-state index contributed by atoms with van der Waals surface area (Å²) in [6, 6.07) is 5.85. The molecule has 1 aromatic carbocycles. The Balaban J connectivity index is 1.89. The van der Waals surface area contributed by atoms with E-state index in [1.165, 1.54) is 0 Å². The first-order valence-corrected chi connectivity index (χ1v) is 7.26. The number of halogens is 1. The highest BCUT2D eigenvalue weighted by atomic mass is 79.9. The largest absolute Gasteiger partial charge is 0.453 e. The average molecular weight is 334 g/mol. The molecule has 1 aliphatic heterocycles. The smallest absolute Gasteiger partial charge is 0.172 e. The standard InChI is InChI=1S/C14H12BrN3O2/c15-7-1-2-11-9(3-7)13-12(20-11)6-17-14(18-13)10-4-8(19)5-16-10/h1-3,6,8,10,16,19H,4-5H2/t8-,10-/m0/s1. The van der Waals surface area contributed by atoms with Gasteiger partial charge in [-0.1, -0.05) is 15.9 Å². The van der Waals surface area contributed by atoms with Gasteiger partial charge in [0.25, 0.3) is 0 Å². The van der Waals surface area contributed by atoms with E-state index < -0.39 is 0 Å². The second kappa shape index (κ2) is 4.51. The zero-order chi connectivity index (χ0) is 13.7. The molecule has 4 rings (SSSR count). The lowest BCUT2D eigenvalue weighted by atomic mass is 10.2. The number of aliphatic hydroxyl groups is 1. The Morgan fingerprint density at radius 2 is 2.25 bits per heavy atom. The highest BCUT2D eigenvalue weighted by molar-refractivity contribution is 9.10. The summed E-state index contributed by atoms with van der Waals surface area (Å²) in [6.07, 6.45) is 2.03. The molecule has 5 nitrogen and oxygen atoms in total. The number of β-amino-alcohol motifs (C(OH)–C–C–N with tert-alkyl or cyclic N) is 1. The van der Waals surface area contributed by atoms with Crippen LogP contribution in [0.1, 0.15) is 18.3 Å². The minimum atomic E-state index is -0.325. The second-order valence-electron chi connectivity index (χ2n) is 5.03. The summed E-state index contributed by atoms with van der Waals surface area (Å²) < 4.78 is 6.72. The van der Waals surface area contributed by atoms with Crippen LogP contribution < -0.4 is 5.32 Å². The fourth-order valence-electron chi connectivity index (χ4n) is 2.63. The van der Waals surface area contributed by atoms with Crippen molar-refractivity contribution in [1.29, 1.82) is 0 Å². The van der Waals surface area contributed by atoms with Gasteiger partial charge < -0.3 is 14.8 Å². The normalized spacial score (nSPS) is 22.9. The topological polar surface area (TPSA) is 71.2 Å². The number of fused-ring (bicyclic) bond motifs is 3. The monoisotopic (exact) mass is 333 g/mol. The molecule has 0 aliphatic carbocycles. The molecule has 1 saturated heterocycles. The second-order valence-corrected chi connectivity index (χ2v) is 5.95. The van der Waals surface area contributed by atoms with Gasteiger partial charge in [0, 0.05) is 16.4 Å². The zero-order valence-corrected chi connectivity index (χ0v) is 12.1. The Morgan fingerprint density at radius 1 is 1.35 bits per heavy atom. The Hall–Kier alpha value is -1.50. The minimum Gasteiger partial charge on any atom is -0.453 e. The number of hydrogen-bond acceptors (Lipinski definition) is 5. The number of furan rings is 1. The van der Waals surface area contributed by atoms with E-state index in [0.717, 1.165) is 21.0 Å². The van der Waals surface area contributed by atoms with Crippen LogP contribution in [0.25, 0.3) is 22.1 Å². The molecule has 2 atom stereocenters. The Bertz CT molecular complexity index is 802. The van der Waals surface area contributed by atoms with Crippen LogP contribution in [0, 0.1) is 0 Å². The summed E-state index contributed by atoms with van der Waals surface area (Å²) >= 11 is 3.47. The molecule has 20 heavy (non-hydrogen) atoms. The van der Waals surface area contributed by atoms with Crippen molar-refractivity contribution < 1.29 is 9.52 Å². The number of nitrogens with one attached hydrogen (secondary N) is 1. The fraction of sp³-hybridized carbons (Fsp3) is 0.286. The lowest BCUT2D eigenvalue weighted by Crippen LogP contribution is -2.16. The molecule has 0 bridgehead atoms. The van der Waals surface area contributed by atoms with E-state index in [1.807, 2.05) is 18.2 Å². The van der Waals surface area contributed by atoms with Crippen molar-refractivity contribution in [2.45, 2.75) is 18.6 Å². The number of rotatable bonds is 1. The van der Waals surface area contributed by atoms with Crippen molar-refractivity contribution >= 4 is 38.0 Å². The summed E-state index contributed by atoms with van der Waals surface area (Å²) in [7, 11) is 0. The maximum absolute atomic E-state index is 9.60. The van der Waals surface area contributed by atoms with E-state index in [9.17, 15) is 5.11 Å². The fourth-order valence-corrected chi connectivity index (χ4v) is 2.99. The maximum atomic E-state index is 9.60. The van der Waals surface area contributed by atoms with Gasteiger partial charge in [0.2, 0.25) is 0 Å². The number of hydrogen-bond donors (Lipinski definition) is 2. The summed E-state index contributed by atoms with van der Waals surface area (Å²) in [5.74, 6) is 0.705. The third-order valence-corrected chi connectivity index (χ3v) is 4.10. The number of aliphatic hydroxyl groups excluding tert-OH is 1. The van der Waals surface area contributed by atoms with Crippen LogP contribution in [0.4, 0.5) is 0 Å². The molecule has 2 aromatic heterocycles. The van der Waals surface area contributed by atoms with Gasteiger partial charge in [0.05, 0.1) is 18.3 Å². The number of nitrogens with zero attached hydrogens (tertiary/aromatic N) is 2. The highest BCUT2D eigenvalue weighted by Crippen LogP contribution is 2.30. The first-order chi connectivity index (χ1) is 9.70. The molecule has 0 spiro atoms. The van der Waals surface area contributed by atoms with Crippen LogP contribution in [-0.4, -0.2) is 27.7 Å². The van der Waals surface area contributed by atoms with E-state index >= 15 is 0 Å². The molecule has 0 saturated carbocycles. The zero-order valence-electron chi connectivity index (χ0n) is 10.5. The number of aromatic nitrogens is 2. The molecule has 0 amide bonds. The van der Waals surface area contributed by atoms with Crippen LogP contribution in [-0.2, 0) is 0 Å². The van der Waals surface area contributed by atoms with Crippen molar-refractivity contribution in [3.8, 4) is 0 Å². The minimum absolute atomic E-state index is 0.00602. The Labute approximate surface area is 123 Å². The molecule has 0 radical (unpaired) electrons. The molecule has 1 aliphatic rings. The van der Waals surface area contributed by atoms with E-state index in [0.29, 0.717) is 24.4 Å². The summed E-state index contributed by atoms with van der Waals surface area (Å²) in [6.45, 7) is 0.587. The van der Waals surface area contributed by atoms with Crippen LogP contribution >= 0.6 is 15.9 Å². The first kappa shape index (κ1) is 12.3. The predicted molar refractivity (Wildman–Crippen MR) is 78.4 cm³/mol. The van der Waals surface area contributed by atoms with E-state index in [1.54, 1.807) is 6.20 Å². The van der Waals surface area contributed by atoms with Crippen LogP contribution in [0.5, 0.6) is 0 Å². The van der Waals surface area contributed by atoms with Gasteiger partial charge in [-0.2, -0.15) is 0 Å². The van der Waals surface area contributed by atoms with Gasteiger partial charge in [0.1, 0.15) is 16.9 Å². The van der Waals surface area contributed by atoms with Gasteiger partial charge in [-0.3, -0.25) is 0 Å². The van der Waals surface area contributed by atoms with Gasteiger partial charge in [-0.25, -0.2) is 9.97 Å². The van der Waals surface area contributed by atoms with Crippen molar-refractivity contribution in [3.63, 3.8) is 0 Å². The summed E-state index contributed by atoms with van der Waals surface area (Å²) in [5.41, 5.74) is 2.30. The maximum Gasteiger partial charge on any atom is 0.172 e. The predicted octanol–water partition coefficient (Wildman–Crippen LogP) is 2.53. The Morgan fingerprint density at radius 3 is 3.05 bits per heavy atom.